The van der Waals surface area contributed by atoms with Gasteiger partial charge in [0.2, 0.25) is 0 Å². The van der Waals surface area contributed by atoms with Gasteiger partial charge in [0.1, 0.15) is 5.67 Å². The third-order valence-electron chi connectivity index (χ3n) is 4.32. The topological polar surface area (TPSA) is 27.8 Å². The summed E-state index contributed by atoms with van der Waals surface area (Å²) in [6, 6.07) is 8.82. The summed E-state index contributed by atoms with van der Waals surface area (Å²) in [4.78, 5) is 3.36. The van der Waals surface area contributed by atoms with Crippen LogP contribution in [0.5, 0.6) is 0 Å². The number of nitrogens with one attached hydrogen (secondary N) is 2. The zero-order valence-corrected chi connectivity index (χ0v) is 12.2. The van der Waals surface area contributed by atoms with Gasteiger partial charge in [-0.1, -0.05) is 24.6 Å². The molecule has 1 fully saturated rings. The van der Waals surface area contributed by atoms with Gasteiger partial charge in [-0.05, 0) is 38.3 Å². The van der Waals surface area contributed by atoms with Crippen molar-refractivity contribution in [3.05, 3.63) is 36.0 Å². The van der Waals surface area contributed by atoms with Crippen LogP contribution in [0.3, 0.4) is 0 Å². The fourth-order valence-corrected chi connectivity index (χ4v) is 3.35. The third-order valence-corrected chi connectivity index (χ3v) is 4.32. The minimum Gasteiger partial charge on any atom is -0.361 e. The molecule has 0 radical (unpaired) electrons. The van der Waals surface area contributed by atoms with Crippen LogP contribution in [0.2, 0.25) is 0 Å². The molecule has 3 rings (SSSR count). The third kappa shape index (κ3) is 2.73. The van der Waals surface area contributed by atoms with E-state index in [0.29, 0.717) is 18.5 Å². The minimum absolute atomic E-state index is 0.393. The standard InChI is InChI=1S/C17H23FN2/c1-17(2,18)11-20-16-9-5-7-13(16)14-10-19-15-8-4-3-6-12(14)15/h3-4,6,8,10,13,16,19-20H,5,7,9,11H2,1-2H3. The number of hydrogen-bond acceptors (Lipinski definition) is 1. The molecular formula is C17H23FN2. The molecule has 1 saturated carbocycles. The van der Waals surface area contributed by atoms with Gasteiger partial charge in [-0.15, -0.1) is 0 Å². The Labute approximate surface area is 119 Å². The van der Waals surface area contributed by atoms with Crippen molar-refractivity contribution in [2.45, 2.75) is 50.7 Å². The lowest BCUT2D eigenvalue weighted by atomic mass is 9.93. The second-order valence-electron chi connectivity index (χ2n) is 6.53. The molecule has 0 aliphatic heterocycles. The Morgan fingerprint density at radius 1 is 1.30 bits per heavy atom. The van der Waals surface area contributed by atoms with Crippen LogP contribution in [0.4, 0.5) is 4.39 Å². The van der Waals surface area contributed by atoms with Crippen molar-refractivity contribution >= 4 is 10.9 Å². The molecule has 0 bridgehead atoms. The molecule has 3 heteroatoms. The first-order valence-electron chi connectivity index (χ1n) is 7.53. The molecule has 1 heterocycles. The maximum absolute atomic E-state index is 13.7. The maximum atomic E-state index is 13.7. The van der Waals surface area contributed by atoms with Crippen molar-refractivity contribution < 1.29 is 4.39 Å². The number of alkyl halides is 1. The predicted molar refractivity (Wildman–Crippen MR) is 81.9 cm³/mol. The molecule has 0 saturated heterocycles. The summed E-state index contributed by atoms with van der Waals surface area (Å²) < 4.78 is 13.7. The number of H-pyrrole nitrogens is 1. The van der Waals surface area contributed by atoms with E-state index in [2.05, 4.69) is 40.8 Å². The van der Waals surface area contributed by atoms with E-state index < -0.39 is 5.67 Å². The summed E-state index contributed by atoms with van der Waals surface area (Å²) in [7, 11) is 0. The lowest BCUT2D eigenvalue weighted by Gasteiger charge is -2.24. The second kappa shape index (κ2) is 5.21. The van der Waals surface area contributed by atoms with Crippen LogP contribution < -0.4 is 5.32 Å². The Balaban J connectivity index is 1.81. The number of halogens is 1. The van der Waals surface area contributed by atoms with E-state index in [4.69, 9.17) is 0 Å². The molecule has 2 atom stereocenters. The normalized spacial score (nSPS) is 23.6. The largest absolute Gasteiger partial charge is 0.361 e. The monoisotopic (exact) mass is 274 g/mol. The number of aromatic amines is 1. The average Bonchev–Trinajstić information content (AvgIpc) is 3.01. The molecule has 2 aromatic rings. The summed E-state index contributed by atoms with van der Waals surface area (Å²) >= 11 is 0. The number of fused-ring (bicyclic) bond motifs is 1. The molecule has 0 amide bonds. The van der Waals surface area contributed by atoms with Gasteiger partial charge in [0, 0.05) is 35.6 Å². The molecule has 108 valence electrons. The van der Waals surface area contributed by atoms with E-state index in [1.807, 2.05) is 0 Å². The minimum atomic E-state index is -1.15. The van der Waals surface area contributed by atoms with Gasteiger partial charge in [-0.25, -0.2) is 4.39 Å². The highest BCUT2D eigenvalue weighted by Crippen LogP contribution is 2.38. The first-order valence-corrected chi connectivity index (χ1v) is 7.53. The molecule has 1 aromatic heterocycles. The second-order valence-corrected chi connectivity index (χ2v) is 6.53. The Kier molecular flexibility index (Phi) is 3.55. The van der Waals surface area contributed by atoms with Crippen LogP contribution in [-0.4, -0.2) is 23.2 Å². The smallest absolute Gasteiger partial charge is 0.117 e. The first-order chi connectivity index (χ1) is 9.54. The number of hydrogen-bond donors (Lipinski definition) is 2. The van der Waals surface area contributed by atoms with Crippen LogP contribution in [0.25, 0.3) is 10.9 Å². The highest BCUT2D eigenvalue weighted by Gasteiger charge is 2.31. The molecule has 1 aliphatic carbocycles. The summed E-state index contributed by atoms with van der Waals surface area (Å²) in [6.45, 7) is 3.70. The van der Waals surface area contributed by atoms with Gasteiger partial charge >= 0.3 is 0 Å². The lowest BCUT2D eigenvalue weighted by Crippen LogP contribution is -2.39. The van der Waals surface area contributed by atoms with Crippen molar-refractivity contribution in [3.63, 3.8) is 0 Å². The highest BCUT2D eigenvalue weighted by atomic mass is 19.1. The molecule has 20 heavy (non-hydrogen) atoms. The lowest BCUT2D eigenvalue weighted by molar-refractivity contribution is 0.201. The molecule has 2 nitrogen and oxygen atoms in total. The summed E-state index contributed by atoms with van der Waals surface area (Å²) in [5.74, 6) is 0.494. The highest BCUT2D eigenvalue weighted by molar-refractivity contribution is 5.83. The molecule has 2 N–H and O–H groups in total. The predicted octanol–water partition coefficient (Wildman–Crippen LogP) is 4.14. The van der Waals surface area contributed by atoms with Crippen LogP contribution in [0, 0.1) is 0 Å². The summed E-state index contributed by atoms with van der Waals surface area (Å²) in [6.07, 6.45) is 5.68. The van der Waals surface area contributed by atoms with Gasteiger partial charge in [-0.3, -0.25) is 0 Å². The molecule has 1 aliphatic rings. The zero-order chi connectivity index (χ0) is 14.2. The van der Waals surface area contributed by atoms with E-state index >= 15 is 0 Å². The van der Waals surface area contributed by atoms with Gasteiger partial charge in [-0.2, -0.15) is 0 Å². The van der Waals surface area contributed by atoms with Gasteiger partial charge in [0.15, 0.2) is 0 Å². The number of aromatic nitrogens is 1. The van der Waals surface area contributed by atoms with Crippen molar-refractivity contribution in [2.24, 2.45) is 0 Å². The van der Waals surface area contributed by atoms with Crippen molar-refractivity contribution in [2.75, 3.05) is 6.54 Å². The van der Waals surface area contributed by atoms with E-state index in [9.17, 15) is 4.39 Å². The summed E-state index contributed by atoms with van der Waals surface area (Å²) in [5.41, 5.74) is 1.43. The Bertz CT molecular complexity index is 582. The van der Waals surface area contributed by atoms with E-state index in [-0.39, 0.29) is 0 Å². The first kappa shape index (κ1) is 13.6. The Hall–Kier alpha value is -1.35. The SMILES string of the molecule is CC(C)(F)CNC1CCCC1c1c[nH]c2ccccc12. The van der Waals surface area contributed by atoms with Crippen molar-refractivity contribution in [1.29, 1.82) is 0 Å². The number of rotatable bonds is 4. The van der Waals surface area contributed by atoms with Crippen LogP contribution >= 0.6 is 0 Å². The average molecular weight is 274 g/mol. The molecular weight excluding hydrogens is 251 g/mol. The van der Waals surface area contributed by atoms with Crippen LogP contribution in [-0.2, 0) is 0 Å². The van der Waals surface area contributed by atoms with Crippen molar-refractivity contribution in [1.82, 2.24) is 10.3 Å². The van der Waals surface area contributed by atoms with Crippen molar-refractivity contribution in [3.8, 4) is 0 Å². The number of para-hydroxylation sites is 1. The van der Waals surface area contributed by atoms with E-state index in [0.717, 1.165) is 6.42 Å². The Morgan fingerprint density at radius 2 is 2.10 bits per heavy atom. The van der Waals surface area contributed by atoms with E-state index in [1.165, 1.54) is 29.3 Å². The quantitative estimate of drug-likeness (QED) is 0.861. The molecule has 2 unspecified atom stereocenters. The number of benzene rings is 1. The van der Waals surface area contributed by atoms with E-state index in [1.54, 1.807) is 13.8 Å². The van der Waals surface area contributed by atoms with Gasteiger partial charge in [0.05, 0.1) is 0 Å². The Morgan fingerprint density at radius 3 is 2.90 bits per heavy atom. The van der Waals surface area contributed by atoms with Gasteiger partial charge in [0.25, 0.3) is 0 Å². The van der Waals surface area contributed by atoms with Crippen LogP contribution in [0.1, 0.15) is 44.6 Å². The maximum Gasteiger partial charge on any atom is 0.117 e. The molecule has 0 spiro atoms. The van der Waals surface area contributed by atoms with Crippen LogP contribution in [0.15, 0.2) is 30.5 Å². The fraction of sp³-hybridized carbons (Fsp3) is 0.529. The fourth-order valence-electron chi connectivity index (χ4n) is 3.35. The molecule has 1 aromatic carbocycles. The zero-order valence-electron chi connectivity index (χ0n) is 12.2. The van der Waals surface area contributed by atoms with Gasteiger partial charge < -0.3 is 10.3 Å². The summed E-state index contributed by atoms with van der Waals surface area (Å²) in [5, 5.41) is 4.75.